The Kier molecular flexibility index (Phi) is 9.82. The molecular weight excluding hydrogens is 532 g/mol. The highest BCUT2D eigenvalue weighted by Crippen LogP contribution is 2.31. The minimum Gasteiger partial charge on any atom is -0.385 e. The number of benzene rings is 2. The molecule has 2 aromatic carbocycles. The summed E-state index contributed by atoms with van der Waals surface area (Å²) in [4.78, 5) is 15.2. The topological polar surface area (TPSA) is 66.9 Å². The standard InChI is InChI=1S/C25H26F4N2O4S2/c1-35-13-4-12-31(37(33,34)23-7-2-5-20(15-23)25(27,28)29)18-24(32)30(17-22-6-3-14-36-22)16-19-8-10-21(26)11-9-19/h2-3,5-11,14-15H,4,12-13,16-18H2,1H3. The van der Waals surface area contributed by atoms with Gasteiger partial charge in [-0.25, -0.2) is 12.8 Å². The van der Waals surface area contributed by atoms with Crippen molar-refractivity contribution in [2.45, 2.75) is 30.6 Å². The second kappa shape index (κ2) is 12.6. The Morgan fingerprint density at radius 3 is 2.38 bits per heavy atom. The molecule has 0 aliphatic heterocycles. The van der Waals surface area contributed by atoms with Crippen molar-refractivity contribution in [1.29, 1.82) is 0 Å². The van der Waals surface area contributed by atoms with Crippen LogP contribution < -0.4 is 0 Å². The molecule has 0 saturated carbocycles. The molecular formula is C25H26F4N2O4S2. The lowest BCUT2D eigenvalue weighted by molar-refractivity contribution is -0.137. The third kappa shape index (κ3) is 8.09. The number of thiophene rings is 1. The van der Waals surface area contributed by atoms with Crippen LogP contribution in [-0.2, 0) is 38.8 Å². The molecule has 0 saturated heterocycles. The van der Waals surface area contributed by atoms with Crippen LogP contribution in [0.4, 0.5) is 17.6 Å². The maximum absolute atomic E-state index is 13.4. The Balaban J connectivity index is 1.90. The van der Waals surface area contributed by atoms with E-state index >= 15 is 0 Å². The molecule has 1 amide bonds. The summed E-state index contributed by atoms with van der Waals surface area (Å²) in [6.07, 6.45) is -4.50. The van der Waals surface area contributed by atoms with Gasteiger partial charge in [0, 0.05) is 31.7 Å². The van der Waals surface area contributed by atoms with Gasteiger partial charge in [0.15, 0.2) is 0 Å². The molecule has 3 aromatic rings. The van der Waals surface area contributed by atoms with Gasteiger partial charge in [-0.3, -0.25) is 4.79 Å². The van der Waals surface area contributed by atoms with Gasteiger partial charge in [0.2, 0.25) is 15.9 Å². The van der Waals surface area contributed by atoms with Crippen molar-refractivity contribution >= 4 is 27.3 Å². The molecule has 3 rings (SSSR count). The molecule has 200 valence electrons. The van der Waals surface area contributed by atoms with Crippen LogP contribution in [0.1, 0.15) is 22.4 Å². The first-order valence-electron chi connectivity index (χ1n) is 11.2. The molecule has 0 fully saturated rings. The van der Waals surface area contributed by atoms with E-state index in [1.54, 1.807) is 0 Å². The lowest BCUT2D eigenvalue weighted by Gasteiger charge is -2.27. The molecule has 1 heterocycles. The first kappa shape index (κ1) is 28.8. The van der Waals surface area contributed by atoms with Crippen molar-refractivity contribution in [2.75, 3.05) is 26.8 Å². The van der Waals surface area contributed by atoms with Crippen molar-refractivity contribution in [3.8, 4) is 0 Å². The third-order valence-corrected chi connectivity index (χ3v) is 8.14. The Bertz CT molecular complexity index is 1260. The molecule has 0 aliphatic carbocycles. The summed E-state index contributed by atoms with van der Waals surface area (Å²) >= 11 is 1.41. The molecule has 0 bridgehead atoms. The molecule has 0 unspecified atom stereocenters. The molecule has 12 heteroatoms. The predicted octanol–water partition coefficient (Wildman–Crippen LogP) is 5.16. The number of hydrogen-bond donors (Lipinski definition) is 0. The smallest absolute Gasteiger partial charge is 0.385 e. The fourth-order valence-corrected chi connectivity index (χ4v) is 5.73. The minimum atomic E-state index is -4.73. The van der Waals surface area contributed by atoms with Crippen LogP contribution in [0.25, 0.3) is 0 Å². The van der Waals surface area contributed by atoms with E-state index in [9.17, 15) is 30.8 Å². The quantitative estimate of drug-likeness (QED) is 0.228. The molecule has 37 heavy (non-hydrogen) atoms. The van der Waals surface area contributed by atoms with Gasteiger partial charge in [0.1, 0.15) is 5.82 Å². The number of ether oxygens (including phenoxy) is 1. The normalized spacial score (nSPS) is 12.2. The third-order valence-electron chi connectivity index (χ3n) is 5.43. The van der Waals surface area contributed by atoms with Crippen molar-refractivity contribution in [3.05, 3.63) is 87.9 Å². The maximum Gasteiger partial charge on any atom is 0.416 e. The largest absolute Gasteiger partial charge is 0.416 e. The average Bonchev–Trinajstić information content (AvgIpc) is 3.37. The van der Waals surface area contributed by atoms with Crippen molar-refractivity contribution in [2.24, 2.45) is 0 Å². The van der Waals surface area contributed by atoms with Crippen LogP contribution >= 0.6 is 11.3 Å². The highest BCUT2D eigenvalue weighted by molar-refractivity contribution is 7.89. The summed E-state index contributed by atoms with van der Waals surface area (Å²) in [6.45, 7) is -0.260. The van der Waals surface area contributed by atoms with Gasteiger partial charge < -0.3 is 9.64 Å². The van der Waals surface area contributed by atoms with Gasteiger partial charge in [-0.05, 0) is 53.8 Å². The first-order valence-corrected chi connectivity index (χ1v) is 13.5. The van der Waals surface area contributed by atoms with Crippen LogP contribution in [0.5, 0.6) is 0 Å². The van der Waals surface area contributed by atoms with E-state index in [0.717, 1.165) is 27.4 Å². The molecule has 0 aliphatic rings. The summed E-state index contributed by atoms with van der Waals surface area (Å²) in [5, 5.41) is 1.84. The lowest BCUT2D eigenvalue weighted by atomic mass is 10.2. The number of nitrogens with zero attached hydrogens (tertiary/aromatic N) is 2. The van der Waals surface area contributed by atoms with E-state index in [-0.39, 0.29) is 32.7 Å². The van der Waals surface area contributed by atoms with Gasteiger partial charge >= 0.3 is 6.18 Å². The van der Waals surface area contributed by atoms with E-state index in [2.05, 4.69) is 0 Å². The fourth-order valence-electron chi connectivity index (χ4n) is 3.54. The van der Waals surface area contributed by atoms with E-state index in [0.29, 0.717) is 11.6 Å². The zero-order valence-corrected chi connectivity index (χ0v) is 21.6. The van der Waals surface area contributed by atoms with E-state index in [4.69, 9.17) is 4.74 Å². The zero-order valence-electron chi connectivity index (χ0n) is 19.9. The number of sulfonamides is 1. The van der Waals surface area contributed by atoms with Gasteiger partial charge in [-0.1, -0.05) is 24.3 Å². The van der Waals surface area contributed by atoms with Crippen LogP contribution in [0.3, 0.4) is 0 Å². The Morgan fingerprint density at radius 1 is 1.03 bits per heavy atom. The summed E-state index contributed by atoms with van der Waals surface area (Å²) in [5.74, 6) is -0.984. The summed E-state index contributed by atoms with van der Waals surface area (Å²) in [7, 11) is -3.02. The average molecular weight is 559 g/mol. The Labute approximate surface area is 217 Å². The van der Waals surface area contributed by atoms with Gasteiger partial charge in [-0.2, -0.15) is 17.5 Å². The number of methoxy groups -OCH3 is 1. The fraction of sp³-hybridized carbons (Fsp3) is 0.320. The van der Waals surface area contributed by atoms with Crippen molar-refractivity contribution in [3.63, 3.8) is 0 Å². The number of carbonyl (C=O) groups is 1. The van der Waals surface area contributed by atoms with Crippen molar-refractivity contribution in [1.82, 2.24) is 9.21 Å². The van der Waals surface area contributed by atoms with E-state index < -0.39 is 44.9 Å². The number of carbonyl (C=O) groups excluding carboxylic acids is 1. The van der Waals surface area contributed by atoms with Crippen LogP contribution in [0.2, 0.25) is 0 Å². The van der Waals surface area contributed by atoms with Gasteiger partial charge in [0.25, 0.3) is 0 Å². The number of halogens is 4. The molecule has 6 nitrogen and oxygen atoms in total. The lowest BCUT2D eigenvalue weighted by Crippen LogP contribution is -2.43. The molecule has 0 N–H and O–H groups in total. The Morgan fingerprint density at radius 2 is 1.76 bits per heavy atom. The highest BCUT2D eigenvalue weighted by atomic mass is 32.2. The molecule has 0 spiro atoms. The monoisotopic (exact) mass is 558 g/mol. The number of amides is 1. The maximum atomic E-state index is 13.4. The van der Waals surface area contributed by atoms with E-state index in [1.165, 1.54) is 47.6 Å². The van der Waals surface area contributed by atoms with Gasteiger partial charge in [0.05, 0.1) is 23.5 Å². The number of alkyl halides is 3. The molecule has 1 aromatic heterocycles. The SMILES string of the molecule is COCCCN(CC(=O)N(Cc1ccc(F)cc1)Cc1cccs1)S(=O)(=O)c1cccc(C(F)(F)F)c1. The van der Waals surface area contributed by atoms with E-state index in [1.807, 2.05) is 17.5 Å². The molecule has 0 radical (unpaired) electrons. The van der Waals surface area contributed by atoms with Crippen LogP contribution in [-0.4, -0.2) is 50.3 Å². The second-order valence-electron chi connectivity index (χ2n) is 8.17. The summed E-state index contributed by atoms with van der Waals surface area (Å²) in [5.41, 5.74) is -0.467. The van der Waals surface area contributed by atoms with Crippen LogP contribution in [0.15, 0.2) is 70.9 Å². The van der Waals surface area contributed by atoms with Gasteiger partial charge in [-0.15, -0.1) is 11.3 Å². The predicted molar refractivity (Wildman–Crippen MR) is 132 cm³/mol. The Hall–Kier alpha value is -2.80. The minimum absolute atomic E-state index is 0.0898. The number of rotatable bonds is 12. The van der Waals surface area contributed by atoms with Crippen LogP contribution in [0, 0.1) is 5.82 Å². The highest BCUT2D eigenvalue weighted by Gasteiger charge is 2.34. The summed E-state index contributed by atoms with van der Waals surface area (Å²) < 4.78 is 85.7. The zero-order chi connectivity index (χ0) is 27.1. The first-order chi connectivity index (χ1) is 17.5. The second-order valence-corrected chi connectivity index (χ2v) is 11.1. The number of hydrogen-bond acceptors (Lipinski definition) is 5. The summed E-state index contributed by atoms with van der Waals surface area (Å²) in [6, 6.07) is 12.6. The van der Waals surface area contributed by atoms with Crippen molar-refractivity contribution < 1.29 is 35.5 Å². The molecule has 0 atom stereocenters.